The number of benzene rings is 1. The van der Waals surface area contributed by atoms with Gasteiger partial charge in [0.1, 0.15) is 6.07 Å². The first-order chi connectivity index (χ1) is 7.63. The average molecular weight is 256 g/mol. The van der Waals surface area contributed by atoms with Gasteiger partial charge in [0.2, 0.25) is 0 Å². The van der Waals surface area contributed by atoms with Gasteiger partial charge in [0.15, 0.2) is 0 Å². The Bertz CT molecular complexity index is 454. The molecule has 0 N–H and O–H groups in total. The maximum atomic E-state index is 11.6. The van der Waals surface area contributed by atoms with Crippen molar-refractivity contribution in [3.05, 3.63) is 28.8 Å². The zero-order valence-electron chi connectivity index (χ0n) is 8.66. The summed E-state index contributed by atoms with van der Waals surface area (Å²) in [6, 6.07) is 5.17. The monoisotopic (exact) mass is 255 g/mol. The fourth-order valence-corrected chi connectivity index (χ4v) is 1.80. The summed E-state index contributed by atoms with van der Waals surface area (Å²) in [4.78, 5) is 12.0. The minimum absolute atomic E-state index is 0.196. The number of carbonyl (C=O) groups excluding carboxylic acids is 1. The predicted molar refractivity (Wildman–Crippen MR) is 63.9 cm³/mol. The van der Waals surface area contributed by atoms with Crippen LogP contribution >= 0.6 is 24.2 Å². The third-order valence-corrected chi connectivity index (χ3v) is 2.59. The van der Waals surface area contributed by atoms with Crippen molar-refractivity contribution in [1.29, 1.82) is 5.26 Å². The van der Waals surface area contributed by atoms with E-state index in [-0.39, 0.29) is 23.6 Å². The molecule has 0 amide bonds. The Balaban J connectivity index is 3.28. The molecule has 0 saturated carbocycles. The maximum Gasteiger partial charge on any atom is 0.340 e. The number of thiol groups is 1. The molecule has 3 nitrogen and oxygen atoms in total. The highest BCUT2D eigenvalue weighted by atomic mass is 35.5. The lowest BCUT2D eigenvalue weighted by Gasteiger charge is -2.08. The molecule has 0 saturated heterocycles. The summed E-state index contributed by atoms with van der Waals surface area (Å²) < 4.78 is 4.85. The van der Waals surface area contributed by atoms with Crippen molar-refractivity contribution in [2.75, 3.05) is 6.61 Å². The average Bonchev–Trinajstić information content (AvgIpc) is 2.27. The first-order valence-electron chi connectivity index (χ1n) is 4.63. The van der Waals surface area contributed by atoms with Crippen LogP contribution in [0.1, 0.15) is 28.4 Å². The van der Waals surface area contributed by atoms with E-state index in [1.54, 1.807) is 19.1 Å². The van der Waals surface area contributed by atoms with Crippen molar-refractivity contribution in [2.45, 2.75) is 17.7 Å². The second-order valence-electron chi connectivity index (χ2n) is 3.00. The molecule has 0 aliphatic carbocycles. The van der Waals surface area contributed by atoms with Crippen LogP contribution in [0.3, 0.4) is 0 Å². The Morgan fingerprint density at radius 1 is 1.62 bits per heavy atom. The van der Waals surface area contributed by atoms with E-state index in [0.29, 0.717) is 4.90 Å². The number of ether oxygens (including phenoxy) is 1. The van der Waals surface area contributed by atoms with Crippen LogP contribution in [-0.2, 0) is 10.6 Å². The Kier molecular flexibility index (Phi) is 4.66. The van der Waals surface area contributed by atoms with Crippen molar-refractivity contribution < 1.29 is 9.53 Å². The molecule has 1 aromatic rings. The van der Waals surface area contributed by atoms with E-state index in [9.17, 15) is 4.79 Å². The number of rotatable bonds is 3. The molecule has 0 unspecified atom stereocenters. The lowest BCUT2D eigenvalue weighted by molar-refractivity contribution is 0.0522. The van der Waals surface area contributed by atoms with Gasteiger partial charge in [0, 0.05) is 10.8 Å². The molecule has 5 heteroatoms. The number of carbonyl (C=O) groups is 1. The van der Waals surface area contributed by atoms with Gasteiger partial charge in [-0.3, -0.25) is 0 Å². The van der Waals surface area contributed by atoms with E-state index in [0.717, 1.165) is 5.56 Å². The van der Waals surface area contributed by atoms with Crippen LogP contribution in [0, 0.1) is 11.3 Å². The largest absolute Gasteiger partial charge is 0.462 e. The van der Waals surface area contributed by atoms with Gasteiger partial charge in [-0.15, -0.1) is 24.2 Å². The Labute approximate surface area is 104 Å². The normalized spacial score (nSPS) is 9.62. The van der Waals surface area contributed by atoms with E-state index in [4.69, 9.17) is 21.6 Å². The topological polar surface area (TPSA) is 50.1 Å². The van der Waals surface area contributed by atoms with Gasteiger partial charge in [-0.25, -0.2) is 4.79 Å². The summed E-state index contributed by atoms with van der Waals surface area (Å²) in [6.07, 6.45) is 0. The van der Waals surface area contributed by atoms with E-state index in [2.05, 4.69) is 12.6 Å². The SMILES string of the molecule is CCOC(=O)c1c(S)cc(CCl)cc1C#N. The molecule has 0 aliphatic rings. The van der Waals surface area contributed by atoms with Gasteiger partial charge in [-0.2, -0.15) is 5.26 Å². The van der Waals surface area contributed by atoms with Crippen LogP contribution in [0.15, 0.2) is 17.0 Å². The maximum absolute atomic E-state index is 11.6. The Morgan fingerprint density at radius 2 is 2.31 bits per heavy atom. The smallest absolute Gasteiger partial charge is 0.340 e. The molecule has 0 heterocycles. The van der Waals surface area contributed by atoms with Crippen molar-refractivity contribution in [2.24, 2.45) is 0 Å². The summed E-state index contributed by atoms with van der Waals surface area (Å²) in [5.74, 6) is -0.268. The number of halogens is 1. The highest BCUT2D eigenvalue weighted by Gasteiger charge is 2.17. The van der Waals surface area contributed by atoms with E-state index in [1.807, 2.05) is 6.07 Å². The molecule has 0 atom stereocenters. The van der Waals surface area contributed by atoms with Gasteiger partial charge < -0.3 is 4.74 Å². The van der Waals surface area contributed by atoms with Gasteiger partial charge in [-0.05, 0) is 24.6 Å². The number of nitriles is 1. The third kappa shape index (κ3) is 2.69. The minimum Gasteiger partial charge on any atom is -0.462 e. The Morgan fingerprint density at radius 3 is 2.81 bits per heavy atom. The lowest BCUT2D eigenvalue weighted by atomic mass is 10.1. The molecular formula is C11H10ClNO2S. The summed E-state index contributed by atoms with van der Waals surface area (Å²) in [5.41, 5.74) is 1.18. The highest BCUT2D eigenvalue weighted by molar-refractivity contribution is 7.80. The van der Waals surface area contributed by atoms with Crippen molar-refractivity contribution in [1.82, 2.24) is 0 Å². The Hall–Kier alpha value is -1.18. The van der Waals surface area contributed by atoms with Crippen LogP contribution in [0.25, 0.3) is 0 Å². The zero-order valence-corrected chi connectivity index (χ0v) is 10.3. The number of hydrogen-bond donors (Lipinski definition) is 1. The highest BCUT2D eigenvalue weighted by Crippen LogP contribution is 2.22. The molecule has 0 spiro atoms. The number of alkyl halides is 1. The molecule has 0 aliphatic heterocycles. The lowest BCUT2D eigenvalue weighted by Crippen LogP contribution is -2.08. The summed E-state index contributed by atoms with van der Waals surface area (Å²) >= 11 is 9.83. The van der Waals surface area contributed by atoms with Crippen LogP contribution in [0.4, 0.5) is 0 Å². The van der Waals surface area contributed by atoms with Gasteiger partial charge in [0.05, 0.1) is 17.7 Å². The van der Waals surface area contributed by atoms with Crippen LogP contribution in [-0.4, -0.2) is 12.6 Å². The van der Waals surface area contributed by atoms with Gasteiger partial charge >= 0.3 is 5.97 Å². The van der Waals surface area contributed by atoms with Crippen molar-refractivity contribution in [3.8, 4) is 6.07 Å². The molecular weight excluding hydrogens is 246 g/mol. The second kappa shape index (κ2) is 5.78. The van der Waals surface area contributed by atoms with E-state index in [1.165, 1.54) is 0 Å². The van der Waals surface area contributed by atoms with Gasteiger partial charge in [0.25, 0.3) is 0 Å². The standard InChI is InChI=1S/C11H10ClNO2S/c1-2-15-11(14)10-8(6-13)3-7(5-12)4-9(10)16/h3-4,16H,2,5H2,1H3. The molecule has 84 valence electrons. The fourth-order valence-electron chi connectivity index (χ4n) is 1.27. The summed E-state index contributed by atoms with van der Waals surface area (Å²) in [6.45, 7) is 1.96. The molecule has 0 fully saturated rings. The predicted octanol–water partition coefficient (Wildman–Crippen LogP) is 2.76. The first-order valence-corrected chi connectivity index (χ1v) is 5.61. The minimum atomic E-state index is -0.537. The van der Waals surface area contributed by atoms with E-state index >= 15 is 0 Å². The zero-order chi connectivity index (χ0) is 12.1. The molecule has 1 aromatic carbocycles. The second-order valence-corrected chi connectivity index (χ2v) is 3.75. The quantitative estimate of drug-likeness (QED) is 0.513. The summed E-state index contributed by atoms with van der Waals surface area (Å²) in [7, 11) is 0. The first kappa shape index (κ1) is 12.9. The number of nitrogens with zero attached hydrogens (tertiary/aromatic N) is 1. The third-order valence-electron chi connectivity index (χ3n) is 1.93. The molecule has 0 aromatic heterocycles. The molecule has 1 rings (SSSR count). The fraction of sp³-hybridized carbons (Fsp3) is 0.273. The number of esters is 1. The van der Waals surface area contributed by atoms with Crippen LogP contribution in [0.2, 0.25) is 0 Å². The van der Waals surface area contributed by atoms with Crippen LogP contribution < -0.4 is 0 Å². The van der Waals surface area contributed by atoms with Gasteiger partial charge in [-0.1, -0.05) is 0 Å². The van der Waals surface area contributed by atoms with Crippen LogP contribution in [0.5, 0.6) is 0 Å². The molecule has 16 heavy (non-hydrogen) atoms. The van der Waals surface area contributed by atoms with E-state index < -0.39 is 5.97 Å². The number of hydrogen-bond acceptors (Lipinski definition) is 4. The molecule has 0 bridgehead atoms. The summed E-state index contributed by atoms with van der Waals surface area (Å²) in [5, 5.41) is 8.95. The van der Waals surface area contributed by atoms with Crippen molar-refractivity contribution in [3.63, 3.8) is 0 Å². The molecule has 0 radical (unpaired) electrons. The van der Waals surface area contributed by atoms with Crippen molar-refractivity contribution >= 4 is 30.2 Å².